The number of fused-ring (bicyclic) bond motifs is 1. The predicted octanol–water partition coefficient (Wildman–Crippen LogP) is 2.43. The minimum atomic E-state index is 0.462. The maximum absolute atomic E-state index is 5.87. The molecule has 4 nitrogen and oxygen atoms in total. The lowest BCUT2D eigenvalue weighted by molar-refractivity contribution is 0.894. The van der Waals surface area contributed by atoms with Crippen molar-refractivity contribution in [3.63, 3.8) is 0 Å². The summed E-state index contributed by atoms with van der Waals surface area (Å²) in [5, 5.41) is 5.19. The molecule has 2 aromatic heterocycles. The number of benzene rings is 1. The molecule has 5 heteroatoms. The first-order valence-corrected chi connectivity index (χ1v) is 6.42. The lowest BCUT2D eigenvalue weighted by atomic mass is 10.1. The van der Waals surface area contributed by atoms with Gasteiger partial charge in [0.1, 0.15) is 0 Å². The summed E-state index contributed by atoms with van der Waals surface area (Å²) in [7, 11) is 0. The van der Waals surface area contributed by atoms with Crippen LogP contribution in [0, 0.1) is 0 Å². The second-order valence-electron chi connectivity index (χ2n) is 4.34. The molecular formula is C14H13ClN4. The zero-order valence-electron chi connectivity index (χ0n) is 10.3. The monoisotopic (exact) mass is 272 g/mol. The van der Waals surface area contributed by atoms with Gasteiger partial charge in [-0.3, -0.25) is 0 Å². The Labute approximate surface area is 115 Å². The zero-order chi connectivity index (χ0) is 13.2. The van der Waals surface area contributed by atoms with Crippen LogP contribution in [0.1, 0.15) is 17.0 Å². The molecule has 0 fully saturated rings. The molecule has 1 aromatic carbocycles. The topological polar surface area (TPSA) is 56.2 Å². The van der Waals surface area contributed by atoms with Crippen LogP contribution in [-0.4, -0.2) is 14.6 Å². The Morgan fingerprint density at radius 3 is 2.68 bits per heavy atom. The van der Waals surface area contributed by atoms with E-state index in [0.29, 0.717) is 13.0 Å². The third kappa shape index (κ3) is 2.45. The summed E-state index contributed by atoms with van der Waals surface area (Å²) in [5.74, 6) is 0.781. The van der Waals surface area contributed by atoms with Gasteiger partial charge in [0.25, 0.3) is 0 Å². The molecule has 3 aromatic rings. The summed E-state index contributed by atoms with van der Waals surface area (Å²) in [6.45, 7) is 0.462. The highest BCUT2D eigenvalue weighted by atomic mass is 35.5. The Hall–Kier alpha value is -1.91. The summed E-state index contributed by atoms with van der Waals surface area (Å²) in [6.07, 6.45) is 2.57. The quantitative estimate of drug-likeness (QED) is 0.797. The van der Waals surface area contributed by atoms with Crippen molar-refractivity contribution in [2.75, 3.05) is 0 Å². The van der Waals surface area contributed by atoms with Gasteiger partial charge in [-0.1, -0.05) is 29.8 Å². The highest BCUT2D eigenvalue weighted by Gasteiger charge is 2.07. The summed E-state index contributed by atoms with van der Waals surface area (Å²) in [5.41, 5.74) is 8.66. The largest absolute Gasteiger partial charge is 0.326 e. The lowest BCUT2D eigenvalue weighted by Gasteiger charge is -1.96. The van der Waals surface area contributed by atoms with E-state index in [2.05, 4.69) is 10.1 Å². The number of rotatable bonds is 3. The highest BCUT2D eigenvalue weighted by Crippen LogP contribution is 2.14. The van der Waals surface area contributed by atoms with Gasteiger partial charge < -0.3 is 5.73 Å². The molecule has 0 saturated carbocycles. The van der Waals surface area contributed by atoms with Crippen molar-refractivity contribution in [2.24, 2.45) is 5.73 Å². The minimum Gasteiger partial charge on any atom is -0.326 e. The van der Waals surface area contributed by atoms with Crippen LogP contribution in [0.5, 0.6) is 0 Å². The molecule has 3 rings (SSSR count). The molecule has 0 spiro atoms. The molecule has 2 N–H and O–H groups in total. The fourth-order valence-corrected chi connectivity index (χ4v) is 2.15. The fraction of sp³-hybridized carbons (Fsp3) is 0.143. The van der Waals surface area contributed by atoms with Gasteiger partial charge in [-0.2, -0.15) is 5.10 Å². The van der Waals surface area contributed by atoms with Crippen LogP contribution in [0.25, 0.3) is 5.65 Å². The number of hydrogen-bond donors (Lipinski definition) is 1. The van der Waals surface area contributed by atoms with Gasteiger partial charge in [-0.15, -0.1) is 0 Å². The summed E-state index contributed by atoms with van der Waals surface area (Å²) < 4.78 is 1.77. The average Bonchev–Trinajstić information content (AvgIpc) is 2.83. The van der Waals surface area contributed by atoms with E-state index in [9.17, 15) is 0 Å². The Bertz CT molecular complexity index is 703. The first kappa shape index (κ1) is 12.1. The van der Waals surface area contributed by atoms with E-state index in [0.717, 1.165) is 27.6 Å². The first-order chi connectivity index (χ1) is 9.26. The number of nitrogens with two attached hydrogens (primary N) is 1. The van der Waals surface area contributed by atoms with Gasteiger partial charge in [0.15, 0.2) is 11.5 Å². The third-order valence-electron chi connectivity index (χ3n) is 2.98. The van der Waals surface area contributed by atoms with Crippen molar-refractivity contribution in [1.82, 2.24) is 14.6 Å². The molecular weight excluding hydrogens is 260 g/mol. The Morgan fingerprint density at radius 2 is 1.95 bits per heavy atom. The van der Waals surface area contributed by atoms with Gasteiger partial charge in [0.05, 0.1) is 0 Å². The molecule has 0 aliphatic heterocycles. The van der Waals surface area contributed by atoms with E-state index in [1.165, 1.54) is 0 Å². The molecule has 0 unspecified atom stereocenters. The van der Waals surface area contributed by atoms with Crippen molar-refractivity contribution < 1.29 is 0 Å². The normalized spacial score (nSPS) is 11.1. The average molecular weight is 273 g/mol. The number of halogens is 1. The van der Waals surface area contributed by atoms with Crippen LogP contribution in [0.2, 0.25) is 5.02 Å². The molecule has 0 radical (unpaired) electrons. The Kier molecular flexibility index (Phi) is 3.19. The number of nitrogens with zero attached hydrogens (tertiary/aromatic N) is 3. The molecule has 2 heterocycles. The maximum Gasteiger partial charge on any atom is 0.160 e. The van der Waals surface area contributed by atoms with E-state index in [4.69, 9.17) is 17.3 Å². The Balaban J connectivity index is 1.95. The van der Waals surface area contributed by atoms with Crippen LogP contribution in [0.4, 0.5) is 0 Å². The van der Waals surface area contributed by atoms with Crippen molar-refractivity contribution in [2.45, 2.75) is 13.0 Å². The second kappa shape index (κ2) is 4.99. The lowest BCUT2D eigenvalue weighted by Crippen LogP contribution is -1.99. The van der Waals surface area contributed by atoms with Crippen LogP contribution in [-0.2, 0) is 13.0 Å². The zero-order valence-corrected chi connectivity index (χ0v) is 11.0. The molecule has 0 aliphatic rings. The third-order valence-corrected chi connectivity index (χ3v) is 3.23. The molecule has 0 saturated heterocycles. The number of hydrogen-bond acceptors (Lipinski definition) is 3. The molecule has 0 atom stereocenters. The van der Waals surface area contributed by atoms with E-state index in [-0.39, 0.29) is 0 Å². The van der Waals surface area contributed by atoms with Gasteiger partial charge in [-0.25, -0.2) is 9.50 Å². The van der Waals surface area contributed by atoms with Crippen LogP contribution in [0.15, 0.2) is 42.6 Å². The van der Waals surface area contributed by atoms with Crippen LogP contribution >= 0.6 is 11.6 Å². The van der Waals surface area contributed by atoms with Crippen molar-refractivity contribution >= 4 is 17.2 Å². The van der Waals surface area contributed by atoms with Gasteiger partial charge in [-0.05, 0) is 23.8 Å². The molecule has 0 amide bonds. The first-order valence-electron chi connectivity index (χ1n) is 6.04. The van der Waals surface area contributed by atoms with Gasteiger partial charge in [0.2, 0.25) is 0 Å². The van der Waals surface area contributed by atoms with E-state index < -0.39 is 0 Å². The summed E-state index contributed by atoms with van der Waals surface area (Å²) in [4.78, 5) is 4.54. The standard InChI is InChI=1S/C14H13ClN4/c15-12-5-3-10(4-6-12)8-13-17-14-11(9-16)2-1-7-19(14)18-13/h1-7H,8-9,16H2. The van der Waals surface area contributed by atoms with Crippen LogP contribution in [0.3, 0.4) is 0 Å². The molecule has 0 bridgehead atoms. The fourth-order valence-electron chi connectivity index (χ4n) is 2.02. The van der Waals surface area contributed by atoms with Gasteiger partial charge in [0, 0.05) is 29.7 Å². The van der Waals surface area contributed by atoms with Crippen LogP contribution < -0.4 is 5.73 Å². The van der Waals surface area contributed by atoms with Crippen molar-refractivity contribution in [1.29, 1.82) is 0 Å². The molecule has 0 aliphatic carbocycles. The van der Waals surface area contributed by atoms with Gasteiger partial charge >= 0.3 is 0 Å². The maximum atomic E-state index is 5.87. The number of pyridine rings is 1. The summed E-state index contributed by atoms with van der Waals surface area (Å²) >= 11 is 5.87. The smallest absolute Gasteiger partial charge is 0.160 e. The predicted molar refractivity (Wildman–Crippen MR) is 75.1 cm³/mol. The minimum absolute atomic E-state index is 0.462. The van der Waals surface area contributed by atoms with Crippen molar-refractivity contribution in [3.05, 3.63) is 64.6 Å². The number of aromatic nitrogens is 3. The van der Waals surface area contributed by atoms with Crippen molar-refractivity contribution in [3.8, 4) is 0 Å². The molecule has 96 valence electrons. The van der Waals surface area contributed by atoms with E-state index in [1.54, 1.807) is 4.52 Å². The summed E-state index contributed by atoms with van der Waals surface area (Å²) in [6, 6.07) is 11.6. The highest BCUT2D eigenvalue weighted by molar-refractivity contribution is 6.30. The van der Waals surface area contributed by atoms with E-state index in [1.807, 2.05) is 42.6 Å². The Morgan fingerprint density at radius 1 is 1.16 bits per heavy atom. The molecule has 19 heavy (non-hydrogen) atoms. The SMILES string of the molecule is NCc1cccn2nc(Cc3ccc(Cl)cc3)nc12. The van der Waals surface area contributed by atoms with E-state index >= 15 is 0 Å². The second-order valence-corrected chi connectivity index (χ2v) is 4.77.